The number of halogens is 1. The molecule has 19 heavy (non-hydrogen) atoms. The summed E-state index contributed by atoms with van der Waals surface area (Å²) < 4.78 is 5.16. The van der Waals surface area contributed by atoms with Crippen LogP contribution in [0.4, 0.5) is 5.82 Å². The van der Waals surface area contributed by atoms with E-state index < -0.39 is 0 Å². The number of hydrogen-bond donors (Lipinski definition) is 1. The van der Waals surface area contributed by atoms with E-state index >= 15 is 0 Å². The highest BCUT2D eigenvalue weighted by atomic mass is 35.5. The van der Waals surface area contributed by atoms with Crippen LogP contribution in [0.3, 0.4) is 0 Å². The van der Waals surface area contributed by atoms with Crippen LogP contribution in [-0.4, -0.2) is 17.9 Å². The molecule has 0 fully saturated rings. The molecule has 5 heteroatoms. The van der Waals surface area contributed by atoms with Gasteiger partial charge >= 0.3 is 0 Å². The Morgan fingerprint density at radius 2 is 2.11 bits per heavy atom. The van der Waals surface area contributed by atoms with Crippen LogP contribution in [0, 0.1) is 6.92 Å². The molecule has 0 aliphatic rings. The van der Waals surface area contributed by atoms with Crippen LogP contribution in [0.15, 0.2) is 30.5 Å². The number of carbonyl (C=O) groups is 1. The predicted molar refractivity (Wildman–Crippen MR) is 74.8 cm³/mol. The van der Waals surface area contributed by atoms with E-state index in [0.29, 0.717) is 16.1 Å². The van der Waals surface area contributed by atoms with E-state index in [-0.39, 0.29) is 11.6 Å². The van der Waals surface area contributed by atoms with E-state index in [0.717, 1.165) is 11.3 Å². The number of aromatic nitrogens is 1. The van der Waals surface area contributed by atoms with Gasteiger partial charge in [-0.25, -0.2) is 4.98 Å². The summed E-state index contributed by atoms with van der Waals surface area (Å²) in [5.74, 6) is 0.690. The third kappa shape index (κ3) is 2.69. The van der Waals surface area contributed by atoms with Gasteiger partial charge in [0.15, 0.2) is 5.78 Å². The fourth-order valence-electron chi connectivity index (χ4n) is 1.81. The van der Waals surface area contributed by atoms with Crippen molar-refractivity contribution in [2.75, 3.05) is 12.8 Å². The average molecular weight is 277 g/mol. The van der Waals surface area contributed by atoms with Gasteiger partial charge in [-0.1, -0.05) is 11.6 Å². The van der Waals surface area contributed by atoms with E-state index in [1.54, 1.807) is 25.3 Å². The third-order valence-corrected chi connectivity index (χ3v) is 2.99. The van der Waals surface area contributed by atoms with Crippen LogP contribution < -0.4 is 10.5 Å². The molecule has 2 N–H and O–H groups in total. The van der Waals surface area contributed by atoms with E-state index in [1.807, 2.05) is 6.92 Å². The third-order valence-electron chi connectivity index (χ3n) is 2.79. The molecular formula is C14H13ClN2O2. The minimum absolute atomic E-state index is 0.169. The van der Waals surface area contributed by atoms with Crippen molar-refractivity contribution >= 4 is 23.2 Å². The lowest BCUT2D eigenvalue weighted by Crippen LogP contribution is -2.07. The summed E-state index contributed by atoms with van der Waals surface area (Å²) >= 11 is 5.84. The number of nitrogens with zero attached hydrogens (tertiary/aromatic N) is 1. The standard InChI is InChI=1S/C14H13ClN2O2/c1-8-5-9(3-4-12(8)19-2)13(18)11-6-10(15)7-17-14(11)16/h3-7H,1-2H3,(H2,16,17). The van der Waals surface area contributed by atoms with Gasteiger partial charge < -0.3 is 10.5 Å². The largest absolute Gasteiger partial charge is 0.496 e. The Balaban J connectivity index is 2.44. The number of pyridine rings is 1. The summed E-state index contributed by atoms with van der Waals surface area (Å²) in [6.07, 6.45) is 1.41. The van der Waals surface area contributed by atoms with Gasteiger partial charge in [0.05, 0.1) is 17.7 Å². The zero-order chi connectivity index (χ0) is 14.0. The van der Waals surface area contributed by atoms with Crippen molar-refractivity contribution in [1.29, 1.82) is 0 Å². The van der Waals surface area contributed by atoms with Crippen molar-refractivity contribution < 1.29 is 9.53 Å². The van der Waals surface area contributed by atoms with E-state index in [9.17, 15) is 4.79 Å². The molecule has 0 unspecified atom stereocenters. The first-order chi connectivity index (χ1) is 9.02. The van der Waals surface area contributed by atoms with Crippen LogP contribution in [0.2, 0.25) is 5.02 Å². The lowest BCUT2D eigenvalue weighted by molar-refractivity contribution is 0.103. The molecule has 0 saturated carbocycles. The first-order valence-electron chi connectivity index (χ1n) is 5.63. The second kappa shape index (κ2) is 5.28. The topological polar surface area (TPSA) is 65.2 Å². The summed E-state index contributed by atoms with van der Waals surface area (Å²) in [6, 6.07) is 6.71. The Morgan fingerprint density at radius 3 is 2.74 bits per heavy atom. The monoisotopic (exact) mass is 276 g/mol. The Labute approximate surface area is 116 Å². The normalized spacial score (nSPS) is 10.3. The van der Waals surface area contributed by atoms with Crippen LogP contribution in [0.5, 0.6) is 5.75 Å². The number of ketones is 1. The molecule has 1 aromatic carbocycles. The summed E-state index contributed by atoms with van der Waals surface area (Å²) in [4.78, 5) is 16.2. The number of aryl methyl sites for hydroxylation is 1. The number of anilines is 1. The second-order valence-corrected chi connectivity index (χ2v) is 4.54. The lowest BCUT2D eigenvalue weighted by Gasteiger charge is -2.08. The fraction of sp³-hybridized carbons (Fsp3) is 0.143. The molecular weight excluding hydrogens is 264 g/mol. The molecule has 0 amide bonds. The minimum atomic E-state index is -0.210. The highest BCUT2D eigenvalue weighted by molar-refractivity contribution is 6.31. The van der Waals surface area contributed by atoms with Gasteiger partial charge in [0.25, 0.3) is 0 Å². The Hall–Kier alpha value is -2.07. The van der Waals surface area contributed by atoms with Crippen molar-refractivity contribution in [2.45, 2.75) is 6.92 Å². The summed E-state index contributed by atoms with van der Waals surface area (Å²) in [7, 11) is 1.59. The first-order valence-corrected chi connectivity index (χ1v) is 6.01. The zero-order valence-corrected chi connectivity index (χ0v) is 11.4. The molecule has 2 rings (SSSR count). The maximum absolute atomic E-state index is 12.4. The first kappa shape index (κ1) is 13.4. The van der Waals surface area contributed by atoms with E-state index in [1.165, 1.54) is 12.3 Å². The van der Waals surface area contributed by atoms with Gasteiger partial charge in [0.2, 0.25) is 0 Å². The number of ether oxygens (including phenoxy) is 1. The SMILES string of the molecule is COc1ccc(C(=O)c2cc(Cl)cnc2N)cc1C. The van der Waals surface area contributed by atoms with Gasteiger partial charge in [-0.2, -0.15) is 0 Å². The maximum Gasteiger partial charge on any atom is 0.196 e. The molecule has 4 nitrogen and oxygen atoms in total. The predicted octanol–water partition coefficient (Wildman–Crippen LogP) is 2.87. The Bertz CT molecular complexity index is 641. The quantitative estimate of drug-likeness (QED) is 0.876. The van der Waals surface area contributed by atoms with Crippen LogP contribution in [0.25, 0.3) is 0 Å². The minimum Gasteiger partial charge on any atom is -0.496 e. The highest BCUT2D eigenvalue weighted by Crippen LogP contribution is 2.23. The van der Waals surface area contributed by atoms with Gasteiger partial charge in [-0.15, -0.1) is 0 Å². The molecule has 2 aromatic rings. The van der Waals surface area contributed by atoms with Gasteiger partial charge in [0, 0.05) is 11.8 Å². The molecule has 98 valence electrons. The second-order valence-electron chi connectivity index (χ2n) is 4.10. The molecule has 0 saturated heterocycles. The van der Waals surface area contributed by atoms with Gasteiger partial charge in [-0.05, 0) is 36.8 Å². The number of rotatable bonds is 3. The zero-order valence-electron chi connectivity index (χ0n) is 10.6. The molecule has 0 radical (unpaired) electrons. The molecule has 1 heterocycles. The number of carbonyl (C=O) groups excluding carboxylic acids is 1. The van der Waals surface area contributed by atoms with Crippen molar-refractivity contribution in [2.24, 2.45) is 0 Å². The molecule has 0 spiro atoms. The Morgan fingerprint density at radius 1 is 1.37 bits per heavy atom. The summed E-state index contributed by atoms with van der Waals surface area (Å²) in [6.45, 7) is 1.87. The van der Waals surface area contributed by atoms with Crippen molar-refractivity contribution in [1.82, 2.24) is 4.98 Å². The van der Waals surface area contributed by atoms with Crippen molar-refractivity contribution in [3.63, 3.8) is 0 Å². The van der Waals surface area contributed by atoms with Gasteiger partial charge in [0.1, 0.15) is 11.6 Å². The highest BCUT2D eigenvalue weighted by Gasteiger charge is 2.15. The van der Waals surface area contributed by atoms with Crippen LogP contribution in [0.1, 0.15) is 21.5 Å². The molecule has 0 bridgehead atoms. The molecule has 0 aliphatic heterocycles. The Kier molecular flexibility index (Phi) is 3.71. The fourth-order valence-corrected chi connectivity index (χ4v) is 1.96. The van der Waals surface area contributed by atoms with Crippen LogP contribution in [-0.2, 0) is 0 Å². The van der Waals surface area contributed by atoms with Gasteiger partial charge in [-0.3, -0.25) is 4.79 Å². The number of hydrogen-bond acceptors (Lipinski definition) is 4. The molecule has 1 aromatic heterocycles. The summed E-state index contributed by atoms with van der Waals surface area (Å²) in [5.41, 5.74) is 7.41. The van der Waals surface area contributed by atoms with E-state index in [4.69, 9.17) is 22.1 Å². The number of nitrogens with two attached hydrogens (primary N) is 1. The maximum atomic E-state index is 12.4. The van der Waals surface area contributed by atoms with Crippen LogP contribution >= 0.6 is 11.6 Å². The number of methoxy groups -OCH3 is 1. The summed E-state index contributed by atoms with van der Waals surface area (Å²) in [5, 5.41) is 0.378. The average Bonchev–Trinajstić information content (AvgIpc) is 2.40. The lowest BCUT2D eigenvalue weighted by atomic mass is 10.0. The number of benzene rings is 1. The van der Waals surface area contributed by atoms with Crippen molar-refractivity contribution in [3.05, 3.63) is 52.2 Å². The van der Waals surface area contributed by atoms with Crippen molar-refractivity contribution in [3.8, 4) is 5.75 Å². The molecule has 0 aliphatic carbocycles. The smallest absolute Gasteiger partial charge is 0.196 e. The molecule has 0 atom stereocenters. The number of nitrogen functional groups attached to an aromatic ring is 1. The van der Waals surface area contributed by atoms with E-state index in [2.05, 4.69) is 4.98 Å².